The summed E-state index contributed by atoms with van der Waals surface area (Å²) in [5.41, 5.74) is 1.69. The monoisotopic (exact) mass is 419 g/mol. The highest BCUT2D eigenvalue weighted by Crippen LogP contribution is 2.43. The van der Waals surface area contributed by atoms with E-state index in [0.717, 1.165) is 17.3 Å². The van der Waals surface area contributed by atoms with Crippen molar-refractivity contribution in [2.45, 2.75) is 25.4 Å². The smallest absolute Gasteiger partial charge is 0.388 e. The second-order valence-electron chi connectivity index (χ2n) is 8.07. The summed E-state index contributed by atoms with van der Waals surface area (Å²) in [5.74, 6) is -0.922. The van der Waals surface area contributed by atoms with Crippen LogP contribution < -0.4 is 10.2 Å². The van der Waals surface area contributed by atoms with Gasteiger partial charge in [-0.25, -0.2) is 0 Å². The SMILES string of the molecule is CNc1ccc([C@@H]2Cc3c(cccc3C(F)(F)F)N(CCN(C)C)C(=O)[C@@H]2C)cc1. The van der Waals surface area contributed by atoms with Gasteiger partial charge < -0.3 is 15.1 Å². The number of carbonyl (C=O) groups is 1. The minimum absolute atomic E-state index is 0.141. The van der Waals surface area contributed by atoms with Crippen LogP contribution in [0.3, 0.4) is 0 Å². The van der Waals surface area contributed by atoms with Gasteiger partial charge in [0.25, 0.3) is 0 Å². The quantitative estimate of drug-likeness (QED) is 0.768. The van der Waals surface area contributed by atoms with E-state index in [1.807, 2.05) is 50.2 Å². The maximum absolute atomic E-state index is 13.9. The molecule has 0 unspecified atom stereocenters. The minimum atomic E-state index is -4.48. The van der Waals surface area contributed by atoms with Crippen molar-refractivity contribution in [3.05, 3.63) is 59.2 Å². The zero-order chi connectivity index (χ0) is 22.1. The Morgan fingerprint density at radius 2 is 1.80 bits per heavy atom. The molecule has 2 aromatic carbocycles. The van der Waals surface area contributed by atoms with E-state index in [1.165, 1.54) is 11.0 Å². The third kappa shape index (κ3) is 4.46. The zero-order valence-electron chi connectivity index (χ0n) is 17.8. The number of halogens is 3. The first-order valence-electron chi connectivity index (χ1n) is 10.1. The molecular weight excluding hydrogens is 391 g/mol. The van der Waals surface area contributed by atoms with Crippen molar-refractivity contribution < 1.29 is 18.0 Å². The number of alkyl halides is 3. The summed E-state index contributed by atoms with van der Waals surface area (Å²) >= 11 is 0. The van der Waals surface area contributed by atoms with Crippen molar-refractivity contribution in [1.82, 2.24) is 4.90 Å². The lowest BCUT2D eigenvalue weighted by molar-refractivity contribution is -0.138. The van der Waals surface area contributed by atoms with Crippen LogP contribution in [0, 0.1) is 5.92 Å². The lowest BCUT2D eigenvalue weighted by Gasteiger charge is -2.28. The Labute approximate surface area is 175 Å². The molecule has 0 aliphatic carbocycles. The minimum Gasteiger partial charge on any atom is -0.388 e. The molecule has 0 saturated heterocycles. The zero-order valence-corrected chi connectivity index (χ0v) is 17.8. The average Bonchev–Trinajstić information content (AvgIpc) is 2.80. The number of hydrogen-bond donors (Lipinski definition) is 1. The number of amides is 1. The van der Waals surface area contributed by atoms with Crippen LogP contribution in [0.25, 0.3) is 0 Å². The summed E-state index contributed by atoms with van der Waals surface area (Å²) in [4.78, 5) is 16.9. The largest absolute Gasteiger partial charge is 0.416 e. The highest BCUT2D eigenvalue weighted by atomic mass is 19.4. The molecule has 2 aromatic rings. The Bertz CT molecular complexity index is 894. The van der Waals surface area contributed by atoms with Gasteiger partial charge in [0.05, 0.1) is 5.56 Å². The molecule has 0 radical (unpaired) electrons. The molecule has 1 N–H and O–H groups in total. The van der Waals surface area contributed by atoms with Gasteiger partial charge in [0.15, 0.2) is 0 Å². The van der Waals surface area contributed by atoms with E-state index in [4.69, 9.17) is 0 Å². The van der Waals surface area contributed by atoms with Crippen LogP contribution in [0.5, 0.6) is 0 Å². The van der Waals surface area contributed by atoms with Crippen LogP contribution in [0.2, 0.25) is 0 Å². The second kappa shape index (κ2) is 8.68. The molecule has 1 amide bonds. The summed E-state index contributed by atoms with van der Waals surface area (Å²) in [5, 5.41) is 3.04. The van der Waals surface area contributed by atoms with Crippen LogP contribution in [0.4, 0.5) is 24.5 Å². The van der Waals surface area contributed by atoms with Crippen molar-refractivity contribution in [3.63, 3.8) is 0 Å². The van der Waals surface area contributed by atoms with E-state index in [0.29, 0.717) is 18.8 Å². The van der Waals surface area contributed by atoms with Gasteiger partial charge in [-0.2, -0.15) is 13.2 Å². The summed E-state index contributed by atoms with van der Waals surface area (Å²) in [6.07, 6.45) is -4.31. The highest BCUT2D eigenvalue weighted by molar-refractivity contribution is 5.97. The van der Waals surface area contributed by atoms with E-state index in [1.54, 1.807) is 13.1 Å². The molecule has 0 aromatic heterocycles. The first kappa shape index (κ1) is 22.2. The molecule has 30 heavy (non-hydrogen) atoms. The summed E-state index contributed by atoms with van der Waals surface area (Å²) < 4.78 is 41.6. The van der Waals surface area contributed by atoms with E-state index < -0.39 is 17.7 Å². The molecule has 4 nitrogen and oxygen atoms in total. The Balaban J connectivity index is 2.13. The first-order chi connectivity index (χ1) is 14.1. The summed E-state index contributed by atoms with van der Waals surface area (Å²) in [6, 6.07) is 11.7. The predicted octanol–water partition coefficient (Wildman–Crippen LogP) is 4.62. The number of fused-ring (bicyclic) bond motifs is 1. The van der Waals surface area contributed by atoms with Gasteiger partial charge >= 0.3 is 6.18 Å². The van der Waals surface area contributed by atoms with Crippen LogP contribution in [-0.4, -0.2) is 45.0 Å². The third-order valence-electron chi connectivity index (χ3n) is 5.83. The van der Waals surface area contributed by atoms with Crippen LogP contribution in [0.15, 0.2) is 42.5 Å². The Morgan fingerprint density at radius 3 is 2.37 bits per heavy atom. The highest BCUT2D eigenvalue weighted by Gasteiger charge is 2.40. The lowest BCUT2D eigenvalue weighted by atomic mass is 9.82. The second-order valence-corrected chi connectivity index (χ2v) is 8.07. The maximum Gasteiger partial charge on any atom is 0.416 e. The van der Waals surface area contributed by atoms with E-state index in [9.17, 15) is 18.0 Å². The fraction of sp³-hybridized carbons (Fsp3) is 0.435. The number of likely N-dealkylation sites (N-methyl/N-ethyl adjacent to an activating group) is 1. The number of hydrogen-bond acceptors (Lipinski definition) is 3. The van der Waals surface area contributed by atoms with E-state index >= 15 is 0 Å². The van der Waals surface area contributed by atoms with Gasteiger partial charge in [0.1, 0.15) is 0 Å². The van der Waals surface area contributed by atoms with Gasteiger partial charge in [-0.15, -0.1) is 0 Å². The van der Waals surface area contributed by atoms with Crippen molar-refractivity contribution >= 4 is 17.3 Å². The Hall–Kier alpha value is -2.54. The van der Waals surface area contributed by atoms with Crippen molar-refractivity contribution in [2.24, 2.45) is 5.92 Å². The van der Waals surface area contributed by atoms with Crippen LogP contribution in [-0.2, 0) is 17.4 Å². The molecule has 0 fully saturated rings. The number of nitrogens with one attached hydrogen (secondary N) is 1. The fourth-order valence-electron chi connectivity index (χ4n) is 4.08. The van der Waals surface area contributed by atoms with Crippen molar-refractivity contribution in [3.8, 4) is 0 Å². The van der Waals surface area contributed by atoms with Gasteiger partial charge in [0, 0.05) is 37.4 Å². The maximum atomic E-state index is 13.9. The molecule has 2 atom stereocenters. The van der Waals surface area contributed by atoms with Crippen LogP contribution in [0.1, 0.15) is 29.5 Å². The topological polar surface area (TPSA) is 35.6 Å². The van der Waals surface area contributed by atoms with Crippen molar-refractivity contribution in [1.29, 1.82) is 0 Å². The molecule has 1 heterocycles. The normalized spacial score (nSPS) is 19.6. The predicted molar refractivity (Wildman–Crippen MR) is 114 cm³/mol. The molecule has 0 spiro atoms. The number of rotatable bonds is 5. The van der Waals surface area contributed by atoms with E-state index in [-0.39, 0.29) is 23.8 Å². The fourth-order valence-corrected chi connectivity index (χ4v) is 4.08. The molecule has 3 rings (SSSR count). The van der Waals surface area contributed by atoms with Gasteiger partial charge in [-0.3, -0.25) is 4.79 Å². The number of anilines is 2. The number of carbonyl (C=O) groups excluding carboxylic acids is 1. The first-order valence-corrected chi connectivity index (χ1v) is 10.1. The molecule has 1 aliphatic heterocycles. The van der Waals surface area contributed by atoms with E-state index in [2.05, 4.69) is 5.32 Å². The molecule has 162 valence electrons. The molecular formula is C23H28F3N3O. The molecule has 7 heteroatoms. The van der Waals surface area contributed by atoms with Crippen LogP contribution >= 0.6 is 0 Å². The van der Waals surface area contributed by atoms with Gasteiger partial charge in [-0.05, 0) is 61.8 Å². The summed E-state index contributed by atoms with van der Waals surface area (Å²) in [6.45, 7) is 2.73. The summed E-state index contributed by atoms with van der Waals surface area (Å²) in [7, 11) is 5.57. The number of benzene rings is 2. The van der Waals surface area contributed by atoms with Crippen molar-refractivity contribution in [2.75, 3.05) is 44.4 Å². The Kier molecular flexibility index (Phi) is 6.41. The molecule has 1 aliphatic rings. The Morgan fingerprint density at radius 1 is 1.13 bits per heavy atom. The number of nitrogens with zero attached hydrogens (tertiary/aromatic N) is 2. The standard InChI is InChI=1S/C23H28F3N3O/c1-15-18(16-8-10-17(27-2)11-9-16)14-19-20(23(24,25)26)6-5-7-21(19)29(22(15)30)13-12-28(3)4/h5-11,15,18,27H,12-14H2,1-4H3/t15-,18-/m1/s1. The van der Waals surface area contributed by atoms with Gasteiger partial charge in [-0.1, -0.05) is 25.1 Å². The van der Waals surface area contributed by atoms with Gasteiger partial charge in [0.2, 0.25) is 5.91 Å². The molecule has 0 bridgehead atoms. The molecule has 0 saturated carbocycles. The lowest BCUT2D eigenvalue weighted by Crippen LogP contribution is -2.40. The average molecular weight is 419 g/mol. The third-order valence-corrected chi connectivity index (χ3v) is 5.83.